The molecule has 8 atom stereocenters. The summed E-state index contributed by atoms with van der Waals surface area (Å²) in [6.45, 7) is 5.86. The van der Waals surface area contributed by atoms with Crippen LogP contribution in [0.4, 0.5) is 0 Å². The van der Waals surface area contributed by atoms with Gasteiger partial charge in [0.05, 0.1) is 25.4 Å². The van der Waals surface area contributed by atoms with Gasteiger partial charge < -0.3 is 45.1 Å². The zero-order chi connectivity index (χ0) is 66.7. The Morgan fingerprint density at radius 3 is 1.05 bits per heavy atom. The second-order valence-corrected chi connectivity index (χ2v) is 28.1. The third kappa shape index (κ3) is 54.9. The van der Waals surface area contributed by atoms with Gasteiger partial charge >= 0.3 is 5.97 Å². The largest absolute Gasteiger partial charge is 0.454 e. The van der Waals surface area contributed by atoms with E-state index in [1.165, 1.54) is 302 Å². The number of amides is 1. The number of rotatable bonds is 71. The van der Waals surface area contributed by atoms with E-state index < -0.39 is 67.4 Å². The fraction of sp³-hybridized carbons (Fsp3) is 0.901. The first-order chi connectivity index (χ1) is 45.2. The molecule has 0 aliphatic carbocycles. The Morgan fingerprint density at radius 2 is 0.717 bits per heavy atom. The molecule has 8 unspecified atom stereocenters. The first-order valence-corrected chi connectivity index (χ1v) is 40.3. The van der Waals surface area contributed by atoms with E-state index in [9.17, 15) is 35.1 Å². The predicted octanol–water partition coefficient (Wildman–Crippen LogP) is 21.7. The Labute approximate surface area is 568 Å². The molecule has 1 rings (SSSR count). The Kier molecular flexibility index (Phi) is 65.7. The number of nitrogens with one attached hydrogen (secondary N) is 1. The maximum absolute atomic E-state index is 13.5. The van der Waals surface area contributed by atoms with Gasteiger partial charge in [0.2, 0.25) is 5.91 Å². The normalized spacial score (nSPS) is 18.0. The first-order valence-electron chi connectivity index (χ1n) is 40.3. The van der Waals surface area contributed by atoms with E-state index in [1.54, 1.807) is 6.08 Å². The van der Waals surface area contributed by atoms with Crippen LogP contribution in [0, 0.1) is 0 Å². The predicted molar refractivity (Wildman–Crippen MR) is 389 cm³/mol. The van der Waals surface area contributed by atoms with Crippen LogP contribution in [-0.4, -0.2) is 99.6 Å². The molecule has 0 aromatic carbocycles. The first kappa shape index (κ1) is 87.9. The molecule has 0 radical (unpaired) electrons. The van der Waals surface area contributed by atoms with Crippen LogP contribution in [0.15, 0.2) is 36.5 Å². The van der Waals surface area contributed by atoms with Crippen LogP contribution in [0.2, 0.25) is 0 Å². The highest BCUT2D eigenvalue weighted by atomic mass is 16.7. The topological polar surface area (TPSA) is 175 Å². The molecule has 1 aliphatic rings. The maximum Gasteiger partial charge on any atom is 0.306 e. The van der Waals surface area contributed by atoms with E-state index in [4.69, 9.17) is 14.2 Å². The van der Waals surface area contributed by atoms with Gasteiger partial charge in [0.15, 0.2) is 12.4 Å². The number of carbonyl (C=O) groups is 2. The zero-order valence-corrected chi connectivity index (χ0v) is 60.7. The molecule has 1 saturated heterocycles. The van der Waals surface area contributed by atoms with Crippen molar-refractivity contribution in [2.75, 3.05) is 13.2 Å². The molecule has 11 nitrogen and oxygen atoms in total. The van der Waals surface area contributed by atoms with Crippen LogP contribution in [0.3, 0.4) is 0 Å². The molecule has 0 saturated carbocycles. The summed E-state index contributed by atoms with van der Waals surface area (Å²) in [5, 5.41) is 57.4. The number of hydrogen-bond donors (Lipinski definition) is 6. The molecule has 6 N–H and O–H groups in total. The fourth-order valence-electron chi connectivity index (χ4n) is 12.9. The van der Waals surface area contributed by atoms with Gasteiger partial charge in [-0.15, -0.1) is 0 Å². The number of hydrogen-bond acceptors (Lipinski definition) is 10. The highest BCUT2D eigenvalue weighted by Crippen LogP contribution is 2.27. The number of allylic oxidation sites excluding steroid dienone is 5. The monoisotopic (exact) mass is 1300 g/mol. The van der Waals surface area contributed by atoms with Gasteiger partial charge in [0.25, 0.3) is 0 Å². The number of aliphatic hydroxyl groups is 5. The minimum absolute atomic E-state index is 0.129. The van der Waals surface area contributed by atoms with Crippen molar-refractivity contribution in [2.45, 2.75) is 455 Å². The summed E-state index contributed by atoms with van der Waals surface area (Å²) in [4.78, 5) is 26.8. The van der Waals surface area contributed by atoms with Crippen molar-refractivity contribution < 1.29 is 49.3 Å². The van der Waals surface area contributed by atoms with Crippen molar-refractivity contribution >= 4 is 11.9 Å². The lowest BCUT2D eigenvalue weighted by atomic mass is 9.99. The van der Waals surface area contributed by atoms with E-state index in [2.05, 4.69) is 50.4 Å². The molecule has 0 bridgehead atoms. The summed E-state index contributed by atoms with van der Waals surface area (Å²) >= 11 is 0. The van der Waals surface area contributed by atoms with Crippen LogP contribution in [0.1, 0.15) is 406 Å². The lowest BCUT2D eigenvalue weighted by Crippen LogP contribution is -2.61. The highest BCUT2D eigenvalue weighted by molar-refractivity contribution is 5.80. The zero-order valence-electron chi connectivity index (χ0n) is 60.7. The van der Waals surface area contributed by atoms with Crippen LogP contribution in [0.5, 0.6) is 0 Å². The summed E-state index contributed by atoms with van der Waals surface area (Å²) in [6, 6.07) is -1.02. The molecular weight excluding hydrogens is 1150 g/mol. The van der Waals surface area contributed by atoms with Crippen molar-refractivity contribution in [2.24, 2.45) is 0 Å². The van der Waals surface area contributed by atoms with E-state index in [1.807, 2.05) is 6.08 Å². The molecule has 1 fully saturated rings. The van der Waals surface area contributed by atoms with E-state index in [0.717, 1.165) is 57.8 Å². The van der Waals surface area contributed by atoms with Gasteiger partial charge in [-0.05, 0) is 77.0 Å². The van der Waals surface area contributed by atoms with E-state index in [0.29, 0.717) is 19.3 Å². The highest BCUT2D eigenvalue weighted by Gasteiger charge is 2.47. The van der Waals surface area contributed by atoms with Gasteiger partial charge in [-0.1, -0.05) is 359 Å². The number of esters is 1. The molecule has 542 valence electrons. The molecule has 1 aliphatic heterocycles. The molecule has 1 heterocycles. The van der Waals surface area contributed by atoms with Crippen molar-refractivity contribution in [1.82, 2.24) is 5.32 Å². The Hall–Kier alpha value is -2.12. The van der Waals surface area contributed by atoms with Crippen molar-refractivity contribution in [3.8, 4) is 0 Å². The summed E-state index contributed by atoms with van der Waals surface area (Å²) in [5.41, 5.74) is 0. The lowest BCUT2D eigenvalue weighted by Gasteiger charge is -2.41. The number of unbranched alkanes of at least 4 members (excludes halogenated alkanes) is 53. The second-order valence-electron chi connectivity index (χ2n) is 28.1. The molecule has 0 aromatic rings. The van der Waals surface area contributed by atoms with E-state index in [-0.39, 0.29) is 13.0 Å². The van der Waals surface area contributed by atoms with Crippen molar-refractivity contribution in [3.05, 3.63) is 36.5 Å². The van der Waals surface area contributed by atoms with Gasteiger partial charge in [0, 0.05) is 6.42 Å². The molecule has 11 heteroatoms. The second kappa shape index (κ2) is 68.8. The standard InChI is InChI=1S/C81H153NO10/c1-4-7-10-13-16-19-22-25-27-29-31-33-35-37-38-39-41-43-45-47-49-51-54-57-60-63-66-69-76(86)92-79-78(88)77(87)75(70-83)91-81(79)90-71-72(73(84)67-64-61-58-55-52-24-21-18-15-12-9-6-3)82-80(89)74(85)68-65-62-59-56-53-50-48-46-44-42-40-36-34-32-30-28-26-23-20-17-14-11-8-5-2/h25-28,64,67,72-75,77-79,81,83-85,87-88H,4-24,29-63,65-66,68-71H2,1-3H3,(H,82,89)/b27-25+,28-26+,67-64+. The fourth-order valence-corrected chi connectivity index (χ4v) is 12.9. The summed E-state index contributed by atoms with van der Waals surface area (Å²) in [6.07, 6.45) is 76.4. The van der Waals surface area contributed by atoms with Gasteiger partial charge in [-0.2, -0.15) is 0 Å². The van der Waals surface area contributed by atoms with Gasteiger partial charge in [-0.3, -0.25) is 9.59 Å². The summed E-state index contributed by atoms with van der Waals surface area (Å²) in [7, 11) is 0. The molecular formula is C81H153NO10. The smallest absolute Gasteiger partial charge is 0.306 e. The Morgan fingerprint density at radius 1 is 0.413 bits per heavy atom. The van der Waals surface area contributed by atoms with Crippen LogP contribution >= 0.6 is 0 Å². The number of aliphatic hydroxyl groups excluding tert-OH is 5. The quantitative estimate of drug-likeness (QED) is 0.0195. The average Bonchev–Trinajstić information content (AvgIpc) is 0.875. The van der Waals surface area contributed by atoms with Crippen LogP contribution in [-0.2, 0) is 23.8 Å². The van der Waals surface area contributed by atoms with E-state index >= 15 is 0 Å². The van der Waals surface area contributed by atoms with Crippen molar-refractivity contribution in [1.29, 1.82) is 0 Å². The van der Waals surface area contributed by atoms with Gasteiger partial charge in [0.1, 0.15) is 24.4 Å². The molecule has 1 amide bonds. The minimum atomic E-state index is -1.61. The lowest BCUT2D eigenvalue weighted by molar-refractivity contribution is -0.305. The third-order valence-corrected chi connectivity index (χ3v) is 19.3. The third-order valence-electron chi connectivity index (χ3n) is 19.3. The molecule has 92 heavy (non-hydrogen) atoms. The molecule has 0 spiro atoms. The molecule has 0 aromatic heterocycles. The average molecular weight is 1300 g/mol. The van der Waals surface area contributed by atoms with Crippen molar-refractivity contribution in [3.63, 3.8) is 0 Å². The Balaban J connectivity index is 2.47. The summed E-state index contributed by atoms with van der Waals surface area (Å²) in [5.74, 6) is -1.17. The maximum atomic E-state index is 13.5. The number of carbonyl (C=O) groups excluding carboxylic acids is 2. The van der Waals surface area contributed by atoms with Gasteiger partial charge in [-0.25, -0.2) is 0 Å². The van der Waals surface area contributed by atoms with Crippen LogP contribution in [0.25, 0.3) is 0 Å². The number of ether oxygens (including phenoxy) is 3. The van der Waals surface area contributed by atoms with Crippen LogP contribution < -0.4 is 5.32 Å². The summed E-state index contributed by atoms with van der Waals surface area (Å²) < 4.78 is 17.8. The SMILES string of the molecule is CCCCCCCC/C=C/CCCCCCCCCCCCCCCCCCCC(=O)OC1C(OCC(NC(=O)C(O)CCCCCCCCCCCCCCCC/C=C/CCCCCCCC)C(O)/C=C/CCCCCCCCCCCC)OC(CO)C(O)C1O. The Bertz CT molecular complexity index is 1640. The minimum Gasteiger partial charge on any atom is -0.454 e.